The smallest absolute Gasteiger partial charge is 0.328 e. The van der Waals surface area contributed by atoms with E-state index < -0.39 is 11.3 Å². The Bertz CT molecular complexity index is 590. The number of halogens is 1. The zero-order valence-corrected chi connectivity index (χ0v) is 12.4. The molecule has 0 spiro atoms. The van der Waals surface area contributed by atoms with Gasteiger partial charge in [0.1, 0.15) is 0 Å². The number of esters is 1. The first-order valence-corrected chi connectivity index (χ1v) is 7.03. The number of hydrogen-bond donors (Lipinski definition) is 0. The maximum Gasteiger partial charge on any atom is 0.328 e. The second kappa shape index (κ2) is 6.58. The predicted octanol–water partition coefficient (Wildman–Crippen LogP) is 4.51. The van der Waals surface area contributed by atoms with Crippen molar-refractivity contribution in [3.63, 3.8) is 0 Å². The summed E-state index contributed by atoms with van der Waals surface area (Å²) in [5, 5.41) is -0.749. The van der Waals surface area contributed by atoms with Gasteiger partial charge in [0.15, 0.2) is 5.38 Å². The highest BCUT2D eigenvalue weighted by molar-refractivity contribution is 6.29. The molecule has 3 heteroatoms. The molecule has 0 aliphatic carbocycles. The van der Waals surface area contributed by atoms with Crippen molar-refractivity contribution in [2.45, 2.75) is 19.2 Å². The molecule has 0 aliphatic rings. The summed E-state index contributed by atoms with van der Waals surface area (Å²) >= 11 is 6.09. The average Bonchev–Trinajstić information content (AvgIpc) is 2.47. The van der Waals surface area contributed by atoms with Crippen LogP contribution >= 0.6 is 11.6 Å². The molecule has 0 fully saturated rings. The van der Waals surface area contributed by atoms with Crippen LogP contribution < -0.4 is 0 Å². The second-order valence-corrected chi connectivity index (χ2v) is 4.99. The molecule has 2 aromatic carbocycles. The van der Waals surface area contributed by atoms with Crippen LogP contribution in [0.2, 0.25) is 0 Å². The molecular formula is C17H17ClO2. The minimum absolute atomic E-state index is 0.337. The first kappa shape index (κ1) is 14.6. The number of ether oxygens (including phenoxy) is 1. The monoisotopic (exact) mass is 288 g/mol. The Morgan fingerprint density at radius 1 is 1.15 bits per heavy atom. The van der Waals surface area contributed by atoms with Gasteiger partial charge in [-0.15, -0.1) is 11.6 Å². The number of hydrogen-bond acceptors (Lipinski definition) is 2. The van der Waals surface area contributed by atoms with Crippen LogP contribution in [-0.4, -0.2) is 12.6 Å². The van der Waals surface area contributed by atoms with Crippen molar-refractivity contribution in [3.8, 4) is 11.1 Å². The van der Waals surface area contributed by atoms with Crippen LogP contribution in [0.4, 0.5) is 0 Å². The van der Waals surface area contributed by atoms with Crippen LogP contribution in [0, 0.1) is 6.92 Å². The molecular weight excluding hydrogens is 272 g/mol. The standard InChI is InChI=1S/C17H17ClO2/c1-3-20-17(19)16(18)14-10-8-13(9-11-14)15-7-5-4-6-12(15)2/h4-11,16H,3H2,1-2H3. The minimum atomic E-state index is -0.749. The maximum atomic E-state index is 11.6. The number of benzene rings is 2. The highest BCUT2D eigenvalue weighted by atomic mass is 35.5. The quantitative estimate of drug-likeness (QED) is 0.611. The Labute approximate surface area is 124 Å². The van der Waals surface area contributed by atoms with Crippen LogP contribution in [0.5, 0.6) is 0 Å². The lowest BCUT2D eigenvalue weighted by molar-refractivity contribution is -0.142. The predicted molar refractivity (Wildman–Crippen MR) is 81.8 cm³/mol. The van der Waals surface area contributed by atoms with Crippen LogP contribution in [0.25, 0.3) is 11.1 Å². The maximum absolute atomic E-state index is 11.6. The van der Waals surface area contributed by atoms with Crippen molar-refractivity contribution in [2.75, 3.05) is 6.61 Å². The summed E-state index contributed by atoms with van der Waals surface area (Å²) in [6.45, 7) is 4.18. The fourth-order valence-corrected chi connectivity index (χ4v) is 2.29. The lowest BCUT2D eigenvalue weighted by Gasteiger charge is -2.10. The summed E-state index contributed by atoms with van der Waals surface area (Å²) < 4.78 is 4.92. The van der Waals surface area contributed by atoms with Gasteiger partial charge >= 0.3 is 5.97 Å². The van der Waals surface area contributed by atoms with Gasteiger partial charge in [-0.05, 0) is 36.1 Å². The van der Waals surface area contributed by atoms with Crippen LogP contribution in [0.1, 0.15) is 23.4 Å². The summed E-state index contributed by atoms with van der Waals surface area (Å²) in [6, 6.07) is 15.9. The Morgan fingerprint density at radius 2 is 1.80 bits per heavy atom. The Morgan fingerprint density at radius 3 is 2.40 bits per heavy atom. The zero-order chi connectivity index (χ0) is 14.5. The van der Waals surface area contributed by atoms with Crippen LogP contribution in [0.15, 0.2) is 48.5 Å². The topological polar surface area (TPSA) is 26.3 Å². The van der Waals surface area contributed by atoms with E-state index >= 15 is 0 Å². The summed E-state index contributed by atoms with van der Waals surface area (Å²) in [7, 11) is 0. The minimum Gasteiger partial charge on any atom is -0.465 e. The zero-order valence-electron chi connectivity index (χ0n) is 11.6. The van der Waals surface area contributed by atoms with E-state index in [0.29, 0.717) is 6.61 Å². The molecule has 2 nitrogen and oxygen atoms in total. The Kier molecular flexibility index (Phi) is 4.80. The molecule has 1 unspecified atom stereocenters. The lowest BCUT2D eigenvalue weighted by atomic mass is 9.99. The van der Waals surface area contributed by atoms with Gasteiger partial charge in [0.2, 0.25) is 0 Å². The molecule has 20 heavy (non-hydrogen) atoms. The normalized spacial score (nSPS) is 11.9. The van der Waals surface area contributed by atoms with Crippen molar-refractivity contribution < 1.29 is 9.53 Å². The molecule has 2 rings (SSSR count). The molecule has 0 aliphatic heterocycles. The van der Waals surface area contributed by atoms with E-state index in [2.05, 4.69) is 19.1 Å². The van der Waals surface area contributed by atoms with Crippen molar-refractivity contribution in [1.82, 2.24) is 0 Å². The Balaban J connectivity index is 2.23. The van der Waals surface area contributed by atoms with Crippen molar-refractivity contribution in [1.29, 1.82) is 0 Å². The molecule has 0 bridgehead atoms. The van der Waals surface area contributed by atoms with Gasteiger partial charge < -0.3 is 4.74 Å². The summed E-state index contributed by atoms with van der Waals surface area (Å²) in [4.78, 5) is 11.6. The SMILES string of the molecule is CCOC(=O)C(Cl)c1ccc(-c2ccccc2C)cc1. The van der Waals surface area contributed by atoms with Gasteiger partial charge in [0.05, 0.1) is 6.61 Å². The third-order valence-electron chi connectivity index (χ3n) is 3.15. The third-order valence-corrected chi connectivity index (χ3v) is 3.58. The van der Waals surface area contributed by atoms with Crippen molar-refractivity contribution in [2.24, 2.45) is 0 Å². The molecule has 104 valence electrons. The van der Waals surface area contributed by atoms with Crippen molar-refractivity contribution in [3.05, 3.63) is 59.7 Å². The number of carbonyl (C=O) groups excluding carboxylic acids is 1. The van der Waals surface area contributed by atoms with Gasteiger partial charge in [0, 0.05) is 0 Å². The molecule has 0 N–H and O–H groups in total. The van der Waals surface area contributed by atoms with Gasteiger partial charge in [-0.3, -0.25) is 4.79 Å². The molecule has 0 heterocycles. The molecule has 0 saturated carbocycles. The molecule has 0 radical (unpaired) electrons. The van der Waals surface area contributed by atoms with Gasteiger partial charge in [-0.25, -0.2) is 0 Å². The van der Waals surface area contributed by atoms with E-state index in [-0.39, 0.29) is 0 Å². The number of alkyl halides is 1. The third kappa shape index (κ3) is 3.20. The van der Waals surface area contributed by atoms with E-state index in [1.54, 1.807) is 6.92 Å². The lowest BCUT2D eigenvalue weighted by Crippen LogP contribution is -2.10. The van der Waals surface area contributed by atoms with E-state index in [1.165, 1.54) is 11.1 Å². The molecule has 2 aromatic rings. The Hall–Kier alpha value is -1.80. The van der Waals surface area contributed by atoms with Crippen LogP contribution in [-0.2, 0) is 9.53 Å². The highest BCUT2D eigenvalue weighted by Crippen LogP contribution is 2.27. The van der Waals surface area contributed by atoms with Crippen LogP contribution in [0.3, 0.4) is 0 Å². The molecule has 0 saturated heterocycles. The van der Waals surface area contributed by atoms with Gasteiger partial charge in [-0.1, -0.05) is 48.5 Å². The van der Waals surface area contributed by atoms with E-state index in [1.807, 2.05) is 36.4 Å². The number of rotatable bonds is 4. The van der Waals surface area contributed by atoms with Gasteiger partial charge in [0.25, 0.3) is 0 Å². The molecule has 0 amide bonds. The largest absolute Gasteiger partial charge is 0.465 e. The summed E-state index contributed by atoms with van der Waals surface area (Å²) in [5.74, 6) is -0.405. The fraction of sp³-hybridized carbons (Fsp3) is 0.235. The highest BCUT2D eigenvalue weighted by Gasteiger charge is 2.18. The number of aryl methyl sites for hydroxylation is 1. The van der Waals surface area contributed by atoms with E-state index in [0.717, 1.165) is 11.1 Å². The van der Waals surface area contributed by atoms with Crippen molar-refractivity contribution >= 4 is 17.6 Å². The second-order valence-electron chi connectivity index (χ2n) is 4.55. The van der Waals surface area contributed by atoms with Gasteiger partial charge in [-0.2, -0.15) is 0 Å². The van der Waals surface area contributed by atoms with E-state index in [9.17, 15) is 4.79 Å². The van der Waals surface area contributed by atoms with E-state index in [4.69, 9.17) is 16.3 Å². The average molecular weight is 289 g/mol. The first-order valence-electron chi connectivity index (χ1n) is 6.60. The summed E-state index contributed by atoms with van der Waals surface area (Å²) in [5.41, 5.74) is 4.26. The molecule has 1 atom stereocenters. The first-order chi connectivity index (χ1) is 9.63. The number of carbonyl (C=O) groups is 1. The summed E-state index contributed by atoms with van der Waals surface area (Å²) in [6.07, 6.45) is 0. The molecule has 0 aromatic heterocycles. The fourth-order valence-electron chi connectivity index (χ4n) is 2.08.